The van der Waals surface area contributed by atoms with E-state index in [4.69, 9.17) is 0 Å². The van der Waals surface area contributed by atoms with E-state index in [9.17, 15) is 5.11 Å². The Morgan fingerprint density at radius 2 is 0.976 bits per heavy atom. The average molecular weight is 556 g/mol. The van der Waals surface area contributed by atoms with Crippen molar-refractivity contribution in [3.8, 4) is 5.75 Å². The molecule has 214 valence electrons. The summed E-state index contributed by atoms with van der Waals surface area (Å²) in [6, 6.07) is 37.3. The Morgan fingerprint density at radius 1 is 0.571 bits per heavy atom. The second-order valence-electron chi connectivity index (χ2n) is 11.0. The number of nitrogens with zero attached hydrogens (tertiary/aromatic N) is 4. The minimum Gasteiger partial charge on any atom is -0.872 e. The molecule has 2 heterocycles. The van der Waals surface area contributed by atoms with Gasteiger partial charge in [-0.15, -0.1) is 0 Å². The third kappa shape index (κ3) is 7.49. The van der Waals surface area contributed by atoms with Crippen molar-refractivity contribution in [1.29, 1.82) is 0 Å². The Bertz CT molecular complexity index is 1410. The van der Waals surface area contributed by atoms with Gasteiger partial charge in [0, 0.05) is 50.7 Å². The van der Waals surface area contributed by atoms with Gasteiger partial charge >= 0.3 is 0 Å². The summed E-state index contributed by atoms with van der Waals surface area (Å²) >= 11 is 0. The topological polar surface area (TPSA) is 55.3 Å². The molecule has 5 rings (SSSR count). The van der Waals surface area contributed by atoms with Crippen molar-refractivity contribution in [3.05, 3.63) is 161 Å². The van der Waals surface area contributed by atoms with Crippen LogP contribution in [0, 0.1) is 6.92 Å². The van der Waals surface area contributed by atoms with Crippen molar-refractivity contribution in [2.75, 3.05) is 0 Å². The van der Waals surface area contributed by atoms with Gasteiger partial charge in [-0.1, -0.05) is 96.2 Å². The largest absolute Gasteiger partial charge is 0.872 e. The molecule has 0 aliphatic rings. The van der Waals surface area contributed by atoms with Crippen LogP contribution in [-0.2, 0) is 26.2 Å². The summed E-state index contributed by atoms with van der Waals surface area (Å²) in [5.74, 6) is 0.109. The van der Waals surface area contributed by atoms with E-state index < -0.39 is 0 Å². The van der Waals surface area contributed by atoms with Crippen molar-refractivity contribution >= 4 is 0 Å². The van der Waals surface area contributed by atoms with E-state index in [0.717, 1.165) is 28.1 Å². The summed E-state index contributed by atoms with van der Waals surface area (Å²) < 4.78 is 0. The number of hydrogen-bond donors (Lipinski definition) is 0. The van der Waals surface area contributed by atoms with Crippen LogP contribution in [0.5, 0.6) is 5.75 Å². The normalized spacial score (nSPS) is 12.9. The zero-order valence-corrected chi connectivity index (χ0v) is 24.7. The van der Waals surface area contributed by atoms with E-state index in [-0.39, 0.29) is 17.8 Å². The lowest BCUT2D eigenvalue weighted by molar-refractivity contribution is -0.271. The zero-order valence-electron chi connectivity index (χ0n) is 24.7. The maximum Gasteiger partial charge on any atom is 0.0544 e. The molecule has 0 aliphatic carbocycles. The van der Waals surface area contributed by atoms with Gasteiger partial charge in [0.15, 0.2) is 0 Å². The predicted molar refractivity (Wildman–Crippen MR) is 167 cm³/mol. The number of rotatable bonds is 12. The maximum absolute atomic E-state index is 14.1. The number of aryl methyl sites for hydroxylation is 1. The van der Waals surface area contributed by atoms with Crippen molar-refractivity contribution in [1.82, 2.24) is 19.8 Å². The van der Waals surface area contributed by atoms with E-state index in [1.165, 1.54) is 11.1 Å². The number of aromatic nitrogens is 2. The van der Waals surface area contributed by atoms with E-state index in [1.807, 2.05) is 60.9 Å². The zero-order chi connectivity index (χ0) is 29.3. The molecule has 5 nitrogen and oxygen atoms in total. The first-order valence-electron chi connectivity index (χ1n) is 14.6. The van der Waals surface area contributed by atoms with E-state index in [1.54, 1.807) is 0 Å². The molecule has 0 aliphatic heterocycles. The summed E-state index contributed by atoms with van der Waals surface area (Å²) in [5, 5.41) is 14.1. The fourth-order valence-corrected chi connectivity index (χ4v) is 5.54. The lowest BCUT2D eigenvalue weighted by Crippen LogP contribution is -2.29. The van der Waals surface area contributed by atoms with E-state index in [2.05, 4.69) is 101 Å². The first-order valence-corrected chi connectivity index (χ1v) is 14.6. The van der Waals surface area contributed by atoms with E-state index >= 15 is 0 Å². The Balaban J connectivity index is 1.46. The second-order valence-corrected chi connectivity index (χ2v) is 11.0. The minimum absolute atomic E-state index is 0.107. The van der Waals surface area contributed by atoms with Crippen molar-refractivity contribution in [2.45, 2.75) is 59.0 Å². The van der Waals surface area contributed by atoms with Crippen LogP contribution in [0.25, 0.3) is 0 Å². The Morgan fingerprint density at radius 3 is 1.36 bits per heavy atom. The first-order chi connectivity index (χ1) is 20.5. The minimum atomic E-state index is 0.107. The number of hydrogen-bond acceptors (Lipinski definition) is 5. The van der Waals surface area contributed by atoms with Gasteiger partial charge in [0.2, 0.25) is 0 Å². The van der Waals surface area contributed by atoms with Crippen LogP contribution in [0.1, 0.15) is 65.1 Å². The quantitative estimate of drug-likeness (QED) is 0.161. The van der Waals surface area contributed by atoms with Gasteiger partial charge in [-0.25, -0.2) is 0 Å². The number of benzene rings is 3. The summed E-state index contributed by atoms with van der Waals surface area (Å²) in [6.07, 6.45) is 3.66. The molecule has 0 radical (unpaired) electrons. The number of pyridine rings is 2. The standard InChI is InChI=1S/C37H40N4O/c1-28-22-33(24-40(26-35-18-10-12-20-38-35)29(2)31-14-6-4-7-15-31)37(42)34(23-28)25-41(27-36-19-11-13-21-39-36)30(3)32-16-8-5-9-17-32/h4-23,29-30,42H,24-27H2,1-3H3/p-1/t29-,30-/m1/s1. The van der Waals surface area contributed by atoms with Crippen LogP contribution >= 0.6 is 0 Å². The van der Waals surface area contributed by atoms with Crippen LogP contribution in [0.15, 0.2) is 122 Å². The molecule has 2 aromatic heterocycles. The SMILES string of the molecule is Cc1cc(CN(Cc2ccccn2)[C@H](C)c2ccccc2)c([O-])c(CN(Cc2ccccn2)[C@H](C)c2ccccc2)c1. The molecule has 0 unspecified atom stereocenters. The van der Waals surface area contributed by atoms with Crippen molar-refractivity contribution in [3.63, 3.8) is 0 Å². The molecule has 0 saturated heterocycles. The summed E-state index contributed by atoms with van der Waals surface area (Å²) in [5.41, 5.74) is 7.12. The smallest absolute Gasteiger partial charge is 0.0544 e. The van der Waals surface area contributed by atoms with Gasteiger partial charge in [0.25, 0.3) is 0 Å². The second kappa shape index (κ2) is 14.0. The molecule has 0 N–H and O–H groups in total. The Hall–Kier alpha value is -4.32. The maximum atomic E-state index is 14.1. The van der Waals surface area contributed by atoms with E-state index in [0.29, 0.717) is 26.2 Å². The molecule has 0 fully saturated rings. The molecule has 0 spiro atoms. The molecule has 0 bridgehead atoms. The van der Waals surface area contributed by atoms with Gasteiger partial charge in [0.1, 0.15) is 0 Å². The molecule has 2 atom stereocenters. The van der Waals surface area contributed by atoms with Gasteiger partial charge in [-0.3, -0.25) is 19.8 Å². The predicted octanol–water partition coefficient (Wildman–Crippen LogP) is 7.39. The molecule has 5 heteroatoms. The third-order valence-corrected chi connectivity index (χ3v) is 7.98. The lowest BCUT2D eigenvalue weighted by atomic mass is 10.00. The molecule has 5 aromatic rings. The van der Waals surface area contributed by atoms with Crippen LogP contribution in [0.3, 0.4) is 0 Å². The third-order valence-electron chi connectivity index (χ3n) is 7.98. The lowest BCUT2D eigenvalue weighted by Gasteiger charge is -2.34. The Kier molecular flexibility index (Phi) is 9.75. The van der Waals surface area contributed by atoms with Crippen LogP contribution in [0.2, 0.25) is 0 Å². The molecule has 0 amide bonds. The average Bonchev–Trinajstić information content (AvgIpc) is 3.03. The highest BCUT2D eigenvalue weighted by Gasteiger charge is 2.21. The first kappa shape index (κ1) is 29.2. The fraction of sp³-hybridized carbons (Fsp3) is 0.243. The van der Waals surface area contributed by atoms with Gasteiger partial charge in [-0.2, -0.15) is 0 Å². The highest BCUT2D eigenvalue weighted by Crippen LogP contribution is 2.32. The van der Waals surface area contributed by atoms with Crippen LogP contribution in [-0.4, -0.2) is 19.8 Å². The molecule has 0 saturated carbocycles. The molecule has 3 aromatic carbocycles. The molecular weight excluding hydrogens is 516 g/mol. The van der Waals surface area contributed by atoms with Gasteiger partial charge in [0.05, 0.1) is 11.4 Å². The summed E-state index contributed by atoms with van der Waals surface area (Å²) in [6.45, 7) is 8.86. The van der Waals surface area contributed by atoms with Gasteiger partial charge < -0.3 is 5.11 Å². The highest BCUT2D eigenvalue weighted by molar-refractivity contribution is 5.43. The van der Waals surface area contributed by atoms with Crippen molar-refractivity contribution < 1.29 is 5.11 Å². The van der Waals surface area contributed by atoms with Crippen LogP contribution < -0.4 is 5.11 Å². The Labute approximate surface area is 250 Å². The molecular formula is C37H39N4O-. The summed E-state index contributed by atoms with van der Waals surface area (Å²) in [7, 11) is 0. The van der Waals surface area contributed by atoms with Crippen LogP contribution in [0.4, 0.5) is 0 Å². The van der Waals surface area contributed by atoms with Crippen molar-refractivity contribution in [2.24, 2.45) is 0 Å². The monoisotopic (exact) mass is 555 g/mol. The summed E-state index contributed by atoms with van der Waals surface area (Å²) in [4.78, 5) is 13.9. The fourth-order valence-electron chi connectivity index (χ4n) is 5.54. The molecule has 42 heavy (non-hydrogen) atoms. The highest BCUT2D eigenvalue weighted by atomic mass is 16.3. The van der Waals surface area contributed by atoms with Gasteiger partial charge in [-0.05, 0) is 67.3 Å².